The van der Waals surface area contributed by atoms with Crippen molar-refractivity contribution < 1.29 is 23.9 Å². The van der Waals surface area contributed by atoms with Gasteiger partial charge in [0.25, 0.3) is 5.91 Å². The van der Waals surface area contributed by atoms with Crippen LogP contribution in [0.5, 0.6) is 0 Å². The molecule has 4 amide bonds. The highest BCUT2D eigenvalue weighted by atomic mass is 16.5. The summed E-state index contributed by atoms with van der Waals surface area (Å²) in [4.78, 5) is 51.4. The van der Waals surface area contributed by atoms with Crippen LogP contribution in [0.1, 0.15) is 55.5 Å². The van der Waals surface area contributed by atoms with Gasteiger partial charge in [0.15, 0.2) is 0 Å². The van der Waals surface area contributed by atoms with Crippen LogP contribution in [0.15, 0.2) is 54.6 Å². The monoisotopic (exact) mass is 451 g/mol. The van der Waals surface area contributed by atoms with Crippen molar-refractivity contribution in [3.63, 3.8) is 0 Å². The van der Waals surface area contributed by atoms with Crippen LogP contribution >= 0.6 is 0 Å². The summed E-state index contributed by atoms with van der Waals surface area (Å²) in [6.07, 6.45) is 2.83. The molecule has 1 atom stereocenters. The number of rotatable bonds is 10. The summed E-state index contributed by atoms with van der Waals surface area (Å²) in [5, 5.41) is 5.46. The smallest absolute Gasteiger partial charge is 0.338 e. The molecule has 8 nitrogen and oxygen atoms in total. The SMILES string of the molecule is CCCCOC(=O)c1ccc(NC(=O)CN2C(=O)N[C@@](CCC)(c3ccccc3)C2=O)cc1. The van der Waals surface area contributed by atoms with Crippen LogP contribution in [0.3, 0.4) is 0 Å². The van der Waals surface area contributed by atoms with E-state index >= 15 is 0 Å². The average Bonchev–Trinajstić information content (AvgIpc) is 3.05. The molecular weight excluding hydrogens is 422 g/mol. The number of carbonyl (C=O) groups is 4. The summed E-state index contributed by atoms with van der Waals surface area (Å²) in [7, 11) is 0. The van der Waals surface area contributed by atoms with E-state index in [4.69, 9.17) is 4.74 Å². The zero-order chi connectivity index (χ0) is 23.8. The second-order valence-corrected chi connectivity index (χ2v) is 7.96. The number of anilines is 1. The van der Waals surface area contributed by atoms with Gasteiger partial charge in [-0.15, -0.1) is 0 Å². The molecule has 0 saturated carbocycles. The number of urea groups is 1. The van der Waals surface area contributed by atoms with Crippen LogP contribution in [-0.2, 0) is 19.9 Å². The van der Waals surface area contributed by atoms with Crippen molar-refractivity contribution in [1.82, 2.24) is 10.2 Å². The average molecular weight is 452 g/mol. The number of amides is 4. The first-order valence-electron chi connectivity index (χ1n) is 11.2. The number of nitrogens with zero attached hydrogens (tertiary/aromatic N) is 1. The number of carbonyl (C=O) groups excluding carboxylic acids is 4. The lowest BCUT2D eigenvalue weighted by Crippen LogP contribution is -2.44. The highest BCUT2D eigenvalue weighted by molar-refractivity contribution is 6.10. The van der Waals surface area contributed by atoms with Crippen molar-refractivity contribution in [2.24, 2.45) is 0 Å². The topological polar surface area (TPSA) is 105 Å². The van der Waals surface area contributed by atoms with Gasteiger partial charge in [-0.05, 0) is 42.7 Å². The van der Waals surface area contributed by atoms with Gasteiger partial charge in [-0.2, -0.15) is 0 Å². The van der Waals surface area contributed by atoms with Gasteiger partial charge < -0.3 is 15.4 Å². The van der Waals surface area contributed by atoms with Crippen LogP contribution in [0, 0.1) is 0 Å². The van der Waals surface area contributed by atoms with Gasteiger partial charge >= 0.3 is 12.0 Å². The first kappa shape index (κ1) is 24.0. The lowest BCUT2D eigenvalue weighted by atomic mass is 9.85. The van der Waals surface area contributed by atoms with Crippen molar-refractivity contribution in [2.75, 3.05) is 18.5 Å². The van der Waals surface area contributed by atoms with Crippen molar-refractivity contribution in [2.45, 2.75) is 45.1 Å². The Morgan fingerprint density at radius 3 is 2.33 bits per heavy atom. The van der Waals surface area contributed by atoms with Gasteiger partial charge in [-0.3, -0.25) is 14.5 Å². The molecule has 1 fully saturated rings. The van der Waals surface area contributed by atoms with Crippen molar-refractivity contribution in [3.05, 3.63) is 65.7 Å². The maximum absolute atomic E-state index is 13.3. The lowest BCUT2D eigenvalue weighted by molar-refractivity contribution is -0.134. The maximum Gasteiger partial charge on any atom is 0.338 e. The maximum atomic E-state index is 13.3. The number of unbranched alkanes of at least 4 members (excludes halogenated alkanes) is 1. The molecule has 2 aromatic rings. The minimum absolute atomic E-state index is 0.363. The molecule has 1 heterocycles. The van der Waals surface area contributed by atoms with Crippen molar-refractivity contribution in [1.29, 1.82) is 0 Å². The Kier molecular flexibility index (Phi) is 7.82. The Balaban J connectivity index is 1.65. The van der Waals surface area contributed by atoms with E-state index in [1.807, 2.05) is 32.0 Å². The normalized spacial score (nSPS) is 17.6. The van der Waals surface area contributed by atoms with Gasteiger partial charge in [0, 0.05) is 5.69 Å². The molecule has 1 aliphatic rings. The van der Waals surface area contributed by atoms with Crippen LogP contribution in [-0.4, -0.2) is 41.9 Å². The highest BCUT2D eigenvalue weighted by Gasteiger charge is 2.52. The van der Waals surface area contributed by atoms with Gasteiger partial charge in [-0.25, -0.2) is 9.59 Å². The summed E-state index contributed by atoms with van der Waals surface area (Å²) in [5.74, 6) is -1.38. The third kappa shape index (κ3) is 5.39. The molecule has 174 valence electrons. The van der Waals surface area contributed by atoms with E-state index < -0.39 is 35.9 Å². The molecule has 33 heavy (non-hydrogen) atoms. The number of hydrogen-bond donors (Lipinski definition) is 2. The summed E-state index contributed by atoms with van der Waals surface area (Å²) in [5.41, 5.74) is 0.340. The summed E-state index contributed by atoms with van der Waals surface area (Å²) >= 11 is 0. The minimum Gasteiger partial charge on any atom is -0.462 e. The number of hydrogen-bond acceptors (Lipinski definition) is 5. The van der Waals surface area contributed by atoms with Crippen LogP contribution in [0.25, 0.3) is 0 Å². The molecule has 1 saturated heterocycles. The van der Waals surface area contributed by atoms with E-state index in [9.17, 15) is 19.2 Å². The van der Waals surface area contributed by atoms with Crippen LogP contribution in [0.2, 0.25) is 0 Å². The Hall–Kier alpha value is -3.68. The minimum atomic E-state index is -1.17. The fraction of sp³-hybridized carbons (Fsp3) is 0.360. The second kappa shape index (κ2) is 10.8. The predicted octanol–water partition coefficient (Wildman–Crippen LogP) is 3.83. The fourth-order valence-electron chi connectivity index (χ4n) is 3.80. The van der Waals surface area contributed by atoms with Gasteiger partial charge in [0.2, 0.25) is 5.91 Å². The van der Waals surface area contributed by atoms with Crippen molar-refractivity contribution in [3.8, 4) is 0 Å². The number of imide groups is 1. The summed E-state index contributed by atoms with van der Waals surface area (Å²) < 4.78 is 5.16. The van der Waals surface area contributed by atoms with E-state index in [1.54, 1.807) is 36.4 Å². The predicted molar refractivity (Wildman–Crippen MR) is 124 cm³/mol. The van der Waals surface area contributed by atoms with E-state index in [-0.39, 0.29) is 0 Å². The van der Waals surface area contributed by atoms with Gasteiger partial charge in [0.1, 0.15) is 12.1 Å². The van der Waals surface area contributed by atoms with Crippen molar-refractivity contribution >= 4 is 29.5 Å². The molecule has 2 aromatic carbocycles. The molecule has 2 N–H and O–H groups in total. The molecule has 1 aliphatic heterocycles. The van der Waals surface area contributed by atoms with Gasteiger partial charge in [0.05, 0.1) is 12.2 Å². The molecule has 0 aliphatic carbocycles. The molecule has 0 aromatic heterocycles. The van der Waals surface area contributed by atoms with Crippen LogP contribution in [0.4, 0.5) is 10.5 Å². The largest absolute Gasteiger partial charge is 0.462 e. The molecular formula is C25H29N3O5. The quantitative estimate of drug-likeness (QED) is 0.325. The zero-order valence-corrected chi connectivity index (χ0v) is 18.9. The van der Waals surface area contributed by atoms with E-state index in [0.717, 1.165) is 17.7 Å². The molecule has 3 rings (SSSR count). The Bertz CT molecular complexity index is 1010. The fourth-order valence-corrected chi connectivity index (χ4v) is 3.80. The molecule has 0 bridgehead atoms. The number of esters is 1. The first-order valence-corrected chi connectivity index (χ1v) is 11.2. The summed E-state index contributed by atoms with van der Waals surface area (Å²) in [6, 6.07) is 14.7. The third-order valence-corrected chi connectivity index (χ3v) is 5.50. The summed E-state index contributed by atoms with van der Waals surface area (Å²) in [6.45, 7) is 3.89. The third-order valence-electron chi connectivity index (χ3n) is 5.50. The van der Waals surface area contributed by atoms with E-state index in [2.05, 4.69) is 10.6 Å². The molecule has 0 spiro atoms. The lowest BCUT2D eigenvalue weighted by Gasteiger charge is -2.26. The standard InChI is InChI=1S/C25H29N3O5/c1-3-5-16-33-22(30)18-11-13-20(14-12-18)26-21(29)17-28-23(31)25(15-4-2,27-24(28)32)19-9-7-6-8-10-19/h6-14H,3-5,15-17H2,1-2H3,(H,26,29)(H,27,32)/t25-/m0/s1. The Morgan fingerprint density at radius 1 is 1.00 bits per heavy atom. The zero-order valence-electron chi connectivity index (χ0n) is 18.9. The number of ether oxygens (including phenoxy) is 1. The Morgan fingerprint density at radius 2 is 1.70 bits per heavy atom. The number of nitrogens with one attached hydrogen (secondary N) is 2. The molecule has 0 unspecified atom stereocenters. The Labute approximate surface area is 193 Å². The van der Waals surface area contributed by atoms with E-state index in [0.29, 0.717) is 36.3 Å². The molecule has 0 radical (unpaired) electrons. The second-order valence-electron chi connectivity index (χ2n) is 7.96. The van der Waals surface area contributed by atoms with Crippen LogP contribution < -0.4 is 10.6 Å². The van der Waals surface area contributed by atoms with E-state index in [1.165, 1.54) is 0 Å². The van der Waals surface area contributed by atoms with Gasteiger partial charge in [-0.1, -0.05) is 57.0 Å². The molecule has 8 heteroatoms. The first-order chi connectivity index (χ1) is 15.9. The highest BCUT2D eigenvalue weighted by Crippen LogP contribution is 2.33. The number of benzene rings is 2.